The van der Waals surface area contributed by atoms with Crippen molar-refractivity contribution in [1.29, 1.82) is 0 Å². The molecule has 0 aliphatic heterocycles. The highest BCUT2D eigenvalue weighted by Crippen LogP contribution is 2.32. The second-order valence-electron chi connectivity index (χ2n) is 6.91. The van der Waals surface area contributed by atoms with Crippen LogP contribution in [0.25, 0.3) is 11.1 Å². The second-order valence-corrected chi connectivity index (χ2v) is 9.40. The van der Waals surface area contributed by atoms with E-state index in [1.807, 2.05) is 19.0 Å². The van der Waals surface area contributed by atoms with E-state index >= 15 is 0 Å². The molecular weight excluding hydrogens is 443 g/mol. The lowest BCUT2D eigenvalue weighted by Gasteiger charge is -2.15. The predicted octanol–water partition coefficient (Wildman–Crippen LogP) is 5.40. The first-order valence-corrected chi connectivity index (χ1v) is 11.4. The lowest BCUT2D eigenvalue weighted by Crippen LogP contribution is -2.19. The van der Waals surface area contributed by atoms with Crippen molar-refractivity contribution in [2.45, 2.75) is 4.90 Å². The summed E-state index contributed by atoms with van der Waals surface area (Å²) >= 11 is 12.2. The van der Waals surface area contributed by atoms with Crippen LogP contribution in [0.3, 0.4) is 0 Å². The van der Waals surface area contributed by atoms with Gasteiger partial charge in [0.25, 0.3) is 10.0 Å². The molecule has 0 atom stereocenters. The molecule has 8 heteroatoms. The van der Waals surface area contributed by atoms with Crippen molar-refractivity contribution in [2.75, 3.05) is 32.0 Å². The molecule has 0 saturated carbocycles. The molecule has 0 saturated heterocycles. The maximum Gasteiger partial charge on any atom is 0.262 e. The third-order valence-electron chi connectivity index (χ3n) is 4.31. The fraction of sp³-hybridized carbons (Fsp3) is 0.182. The van der Waals surface area contributed by atoms with Crippen LogP contribution in [0, 0.1) is 0 Å². The SMILES string of the molecule is CN(C)CCOc1cc(NS(=O)(=O)c2ccccc2-c2ccc(Cl)cc2)ccc1Cl. The topological polar surface area (TPSA) is 58.6 Å². The van der Waals surface area contributed by atoms with Crippen molar-refractivity contribution in [3.8, 4) is 16.9 Å². The Hall–Kier alpha value is -2.25. The smallest absolute Gasteiger partial charge is 0.262 e. The molecule has 0 aromatic heterocycles. The average molecular weight is 465 g/mol. The van der Waals surface area contributed by atoms with Gasteiger partial charge in [0, 0.05) is 23.2 Å². The molecule has 158 valence electrons. The molecule has 3 aromatic rings. The zero-order valence-corrected chi connectivity index (χ0v) is 18.9. The fourth-order valence-electron chi connectivity index (χ4n) is 2.79. The maximum absolute atomic E-state index is 13.1. The van der Waals surface area contributed by atoms with Gasteiger partial charge in [-0.3, -0.25) is 4.72 Å². The molecule has 1 N–H and O–H groups in total. The summed E-state index contributed by atoms with van der Waals surface area (Å²) in [5.41, 5.74) is 1.70. The summed E-state index contributed by atoms with van der Waals surface area (Å²) in [5, 5.41) is 0.999. The van der Waals surface area contributed by atoms with Crippen LogP contribution in [-0.2, 0) is 10.0 Å². The van der Waals surface area contributed by atoms with Gasteiger partial charge in [0.1, 0.15) is 12.4 Å². The highest BCUT2D eigenvalue weighted by atomic mass is 35.5. The molecule has 0 aliphatic rings. The van der Waals surface area contributed by atoms with Gasteiger partial charge in [0.05, 0.1) is 15.6 Å². The number of hydrogen-bond acceptors (Lipinski definition) is 4. The summed E-state index contributed by atoms with van der Waals surface area (Å²) in [6.07, 6.45) is 0. The van der Waals surface area contributed by atoms with Gasteiger partial charge in [0.2, 0.25) is 0 Å². The van der Waals surface area contributed by atoms with E-state index in [0.717, 1.165) is 5.56 Å². The number of benzene rings is 3. The van der Waals surface area contributed by atoms with Gasteiger partial charge in [-0.2, -0.15) is 0 Å². The van der Waals surface area contributed by atoms with Gasteiger partial charge in [-0.05, 0) is 50.0 Å². The molecule has 3 rings (SSSR count). The number of rotatable bonds is 8. The molecule has 0 bridgehead atoms. The van der Waals surface area contributed by atoms with Crippen LogP contribution in [0.2, 0.25) is 10.0 Å². The molecule has 0 spiro atoms. The van der Waals surface area contributed by atoms with Crippen LogP contribution in [0.1, 0.15) is 0 Å². The third-order valence-corrected chi connectivity index (χ3v) is 6.31. The Morgan fingerprint density at radius 1 is 0.967 bits per heavy atom. The summed E-state index contributed by atoms with van der Waals surface area (Å²) in [6.45, 7) is 1.14. The largest absolute Gasteiger partial charge is 0.491 e. The van der Waals surface area contributed by atoms with Crippen molar-refractivity contribution in [2.24, 2.45) is 0 Å². The van der Waals surface area contributed by atoms with E-state index in [0.29, 0.717) is 40.2 Å². The number of halogens is 2. The van der Waals surface area contributed by atoms with Crippen LogP contribution >= 0.6 is 23.2 Å². The summed E-state index contributed by atoms with van der Waals surface area (Å²) in [6, 6.07) is 18.6. The van der Waals surface area contributed by atoms with Gasteiger partial charge in [-0.25, -0.2) is 8.42 Å². The molecule has 3 aromatic carbocycles. The first-order valence-electron chi connectivity index (χ1n) is 9.21. The number of nitrogens with one attached hydrogen (secondary N) is 1. The molecule has 0 amide bonds. The van der Waals surface area contributed by atoms with Crippen molar-refractivity contribution < 1.29 is 13.2 Å². The number of ether oxygens (including phenoxy) is 1. The quantitative estimate of drug-likeness (QED) is 0.484. The van der Waals surface area contributed by atoms with Crippen molar-refractivity contribution in [1.82, 2.24) is 4.90 Å². The summed E-state index contributed by atoms with van der Waals surface area (Å²) < 4.78 is 34.6. The molecule has 0 fully saturated rings. The molecule has 0 aliphatic carbocycles. The predicted molar refractivity (Wildman–Crippen MR) is 123 cm³/mol. The Bertz CT molecular complexity index is 1120. The lowest BCUT2D eigenvalue weighted by molar-refractivity contribution is 0.261. The van der Waals surface area contributed by atoms with Gasteiger partial charge >= 0.3 is 0 Å². The van der Waals surface area contributed by atoms with Gasteiger partial charge in [-0.1, -0.05) is 53.5 Å². The number of sulfonamides is 1. The van der Waals surface area contributed by atoms with Crippen LogP contribution in [0.5, 0.6) is 5.75 Å². The highest BCUT2D eigenvalue weighted by molar-refractivity contribution is 7.92. The summed E-state index contributed by atoms with van der Waals surface area (Å²) in [4.78, 5) is 2.14. The van der Waals surface area contributed by atoms with E-state index in [2.05, 4.69) is 4.72 Å². The van der Waals surface area contributed by atoms with Crippen LogP contribution in [-0.4, -0.2) is 40.6 Å². The van der Waals surface area contributed by atoms with Crippen molar-refractivity contribution in [3.63, 3.8) is 0 Å². The molecule has 5 nitrogen and oxygen atoms in total. The number of anilines is 1. The Morgan fingerprint density at radius 2 is 1.67 bits per heavy atom. The van der Waals surface area contributed by atoms with Crippen molar-refractivity contribution in [3.05, 3.63) is 76.8 Å². The van der Waals surface area contributed by atoms with Crippen LogP contribution in [0.4, 0.5) is 5.69 Å². The highest BCUT2D eigenvalue weighted by Gasteiger charge is 2.20. The average Bonchev–Trinajstić information content (AvgIpc) is 2.70. The fourth-order valence-corrected chi connectivity index (χ4v) is 4.37. The van der Waals surface area contributed by atoms with E-state index in [1.165, 1.54) is 0 Å². The van der Waals surface area contributed by atoms with E-state index in [9.17, 15) is 8.42 Å². The van der Waals surface area contributed by atoms with Crippen LogP contribution in [0.15, 0.2) is 71.6 Å². The van der Waals surface area contributed by atoms with E-state index in [1.54, 1.807) is 66.7 Å². The zero-order valence-electron chi connectivity index (χ0n) is 16.6. The molecule has 0 radical (unpaired) electrons. The van der Waals surface area contributed by atoms with E-state index in [-0.39, 0.29) is 4.90 Å². The lowest BCUT2D eigenvalue weighted by atomic mass is 10.1. The Kier molecular flexibility index (Phi) is 7.26. The molecule has 0 heterocycles. The number of nitrogens with zero attached hydrogens (tertiary/aromatic N) is 1. The van der Waals surface area contributed by atoms with E-state index in [4.69, 9.17) is 27.9 Å². The first-order chi connectivity index (χ1) is 14.3. The van der Waals surface area contributed by atoms with Gasteiger partial charge in [0.15, 0.2) is 0 Å². The van der Waals surface area contributed by atoms with Gasteiger partial charge < -0.3 is 9.64 Å². The summed E-state index contributed by atoms with van der Waals surface area (Å²) in [7, 11) is 0.0206. The Morgan fingerprint density at radius 3 is 2.37 bits per heavy atom. The molecule has 0 unspecified atom stereocenters. The number of likely N-dealkylation sites (N-methyl/N-ethyl adjacent to an activating group) is 1. The first kappa shape index (κ1) is 22.4. The third kappa shape index (κ3) is 5.67. The zero-order chi connectivity index (χ0) is 21.7. The monoisotopic (exact) mass is 464 g/mol. The van der Waals surface area contributed by atoms with Crippen molar-refractivity contribution >= 4 is 38.9 Å². The normalized spacial score (nSPS) is 11.5. The molecule has 30 heavy (non-hydrogen) atoms. The maximum atomic E-state index is 13.1. The van der Waals surface area contributed by atoms with Crippen LogP contribution < -0.4 is 9.46 Å². The summed E-state index contributed by atoms with van der Waals surface area (Å²) in [5.74, 6) is 0.421. The standard InChI is InChI=1S/C22H22Cl2N2O3S/c1-26(2)13-14-29-21-15-18(11-12-20(21)24)25-30(27,28)22-6-4-3-5-19(22)16-7-9-17(23)10-8-16/h3-12,15,25H,13-14H2,1-2H3. The minimum absolute atomic E-state index is 0.164. The number of hydrogen-bond donors (Lipinski definition) is 1. The Labute approximate surface area is 187 Å². The Balaban J connectivity index is 1.88. The van der Waals surface area contributed by atoms with E-state index < -0.39 is 10.0 Å². The van der Waals surface area contributed by atoms with Gasteiger partial charge in [-0.15, -0.1) is 0 Å². The second kappa shape index (κ2) is 9.71. The minimum Gasteiger partial charge on any atom is -0.491 e. The minimum atomic E-state index is -3.86. The molecular formula is C22H22Cl2N2O3S.